The second-order valence-electron chi connectivity index (χ2n) is 21.2. The Labute approximate surface area is 461 Å². The van der Waals surface area contributed by atoms with Gasteiger partial charge in [-0.2, -0.15) is 11.8 Å². The van der Waals surface area contributed by atoms with Crippen LogP contribution in [0.25, 0.3) is 0 Å². The lowest BCUT2D eigenvalue weighted by Crippen LogP contribution is -2.57. The van der Waals surface area contributed by atoms with Crippen LogP contribution in [0.3, 0.4) is 0 Å². The largest absolute Gasteiger partial charge is 0.462 e. The normalized spacial score (nSPS) is 12.9. The van der Waals surface area contributed by atoms with Gasteiger partial charge in [-0.1, -0.05) is 252 Å². The number of amides is 2. The van der Waals surface area contributed by atoms with E-state index >= 15 is 0 Å². The first-order valence-electron chi connectivity index (χ1n) is 30.8. The van der Waals surface area contributed by atoms with Crippen molar-refractivity contribution >= 4 is 47.5 Å². The number of thioether (sulfide) groups is 1. The molecule has 0 aliphatic carbocycles. The number of nitrogens with one attached hydrogen (secondary N) is 2. The lowest BCUT2D eigenvalue weighted by Gasteiger charge is -2.22. The Morgan fingerprint density at radius 2 is 0.733 bits per heavy atom. The van der Waals surface area contributed by atoms with Crippen molar-refractivity contribution in [2.24, 2.45) is 5.73 Å². The molecule has 15 heteroatoms. The molecule has 14 nitrogen and oxygen atoms in total. The molecule has 75 heavy (non-hydrogen) atoms. The summed E-state index contributed by atoms with van der Waals surface area (Å²) in [5.74, 6) is -4.15. The van der Waals surface area contributed by atoms with Gasteiger partial charge in [-0.15, -0.1) is 0 Å². The van der Waals surface area contributed by atoms with E-state index in [0.29, 0.717) is 12.8 Å². The molecule has 0 radical (unpaired) electrons. The van der Waals surface area contributed by atoms with Gasteiger partial charge < -0.3 is 40.8 Å². The molecule has 6 N–H and O–H groups in total. The lowest BCUT2D eigenvalue weighted by molar-refractivity contribution is -0.162. The molecule has 0 aromatic carbocycles. The van der Waals surface area contributed by atoms with E-state index in [1.54, 1.807) is 0 Å². The molecule has 0 spiro atoms. The maximum atomic E-state index is 13.1. The number of ether oxygens (including phenoxy) is 3. The number of aliphatic hydroxyl groups is 2. The number of unbranched alkanes of at least 4 members (excludes halogenated alkanes) is 36. The maximum absolute atomic E-state index is 13.1. The summed E-state index contributed by atoms with van der Waals surface area (Å²) in [6, 6.07) is -4.28. The Bertz CT molecular complexity index is 1390. The SMILES string of the molecule is CCCCCCCCCCCCCCCC(=O)OCC(CSC[C@H](N)C(=O)N[C@@H](CO)C(=O)N[C@@H](CO)C(=O)OC(=O)CCCCCCCCCCCCCCC)OC(=O)CCCCCCCCCCCCCCC. The Morgan fingerprint density at radius 1 is 0.413 bits per heavy atom. The molecule has 0 rings (SSSR count). The van der Waals surface area contributed by atoms with E-state index in [1.807, 2.05) is 0 Å². The summed E-state index contributed by atoms with van der Waals surface area (Å²) in [6.07, 6.45) is 45.9. The van der Waals surface area contributed by atoms with Crippen LogP contribution in [0.1, 0.15) is 290 Å². The highest BCUT2D eigenvalue weighted by Crippen LogP contribution is 2.18. The molecule has 0 aliphatic rings. The van der Waals surface area contributed by atoms with Crippen molar-refractivity contribution in [1.29, 1.82) is 0 Å². The molecule has 0 heterocycles. The van der Waals surface area contributed by atoms with Crippen molar-refractivity contribution in [2.45, 2.75) is 315 Å². The van der Waals surface area contributed by atoms with E-state index in [2.05, 4.69) is 31.4 Å². The molecular formula is C60H113N3O11S. The summed E-state index contributed by atoms with van der Waals surface area (Å²) >= 11 is 1.22. The van der Waals surface area contributed by atoms with E-state index in [9.17, 15) is 39.0 Å². The number of hydrogen-bond donors (Lipinski definition) is 5. The van der Waals surface area contributed by atoms with Crippen molar-refractivity contribution in [1.82, 2.24) is 10.6 Å². The minimum atomic E-state index is -1.60. The van der Waals surface area contributed by atoms with Crippen molar-refractivity contribution in [3.8, 4) is 0 Å². The monoisotopic (exact) mass is 1080 g/mol. The highest BCUT2D eigenvalue weighted by molar-refractivity contribution is 7.99. The number of carbonyl (C=O) groups excluding carboxylic acids is 6. The van der Waals surface area contributed by atoms with E-state index in [1.165, 1.54) is 179 Å². The van der Waals surface area contributed by atoms with E-state index in [0.717, 1.165) is 70.6 Å². The highest BCUT2D eigenvalue weighted by atomic mass is 32.2. The third-order valence-corrected chi connectivity index (χ3v) is 15.1. The second kappa shape index (κ2) is 54.6. The van der Waals surface area contributed by atoms with Crippen molar-refractivity contribution in [3.63, 3.8) is 0 Å². The molecule has 0 fully saturated rings. The third-order valence-electron chi connectivity index (χ3n) is 13.9. The quantitative estimate of drug-likeness (QED) is 0.0166. The van der Waals surface area contributed by atoms with Crippen LogP contribution in [0.2, 0.25) is 0 Å². The van der Waals surface area contributed by atoms with E-state index in [-0.39, 0.29) is 49.3 Å². The Kier molecular flexibility index (Phi) is 52.6. The van der Waals surface area contributed by atoms with Gasteiger partial charge in [-0.3, -0.25) is 24.0 Å². The molecule has 4 atom stereocenters. The summed E-state index contributed by atoms with van der Waals surface area (Å²) < 4.78 is 16.3. The number of carbonyl (C=O) groups is 6. The first kappa shape index (κ1) is 72.2. The maximum Gasteiger partial charge on any atom is 0.338 e. The molecule has 0 saturated carbocycles. The van der Waals surface area contributed by atoms with Crippen LogP contribution in [-0.4, -0.2) is 101 Å². The first-order chi connectivity index (χ1) is 36.5. The van der Waals surface area contributed by atoms with Gasteiger partial charge in [-0.05, 0) is 19.3 Å². The predicted molar refractivity (Wildman–Crippen MR) is 306 cm³/mol. The molecule has 0 aromatic rings. The van der Waals surface area contributed by atoms with Crippen molar-refractivity contribution in [3.05, 3.63) is 0 Å². The summed E-state index contributed by atoms with van der Waals surface area (Å²) in [4.78, 5) is 76.8. The van der Waals surface area contributed by atoms with E-state index < -0.39 is 61.2 Å². The van der Waals surface area contributed by atoms with Gasteiger partial charge >= 0.3 is 23.9 Å². The fraction of sp³-hybridized carbons (Fsp3) is 0.900. The third kappa shape index (κ3) is 47.0. The fourth-order valence-electron chi connectivity index (χ4n) is 9.04. The van der Waals surface area contributed by atoms with E-state index in [4.69, 9.17) is 19.9 Å². The molecule has 1 unspecified atom stereocenters. The van der Waals surface area contributed by atoms with Crippen LogP contribution < -0.4 is 16.4 Å². The number of rotatable bonds is 56. The zero-order valence-corrected chi connectivity index (χ0v) is 48.9. The highest BCUT2D eigenvalue weighted by Gasteiger charge is 2.29. The minimum absolute atomic E-state index is 0.0220. The number of esters is 4. The standard InChI is InChI=1S/C60H113N3O11S/c1-4-7-10-13-16-19-22-25-28-31-34-37-40-43-55(66)72-48-51(73-56(67)44-41-38-35-32-29-26-23-20-17-14-11-8-5-2)49-75-50-52(61)58(69)62-53(46-64)59(70)63-54(47-65)60(71)74-57(68)45-42-39-36-33-30-27-24-21-18-15-12-9-6-3/h51-54,64-65H,4-50,61H2,1-3H3,(H,62,69)(H,63,70)/t51?,52-,53-,54-/m0/s1. The van der Waals surface area contributed by atoms with Gasteiger partial charge in [0, 0.05) is 30.8 Å². The topological polar surface area (TPSA) is 221 Å². The van der Waals surface area contributed by atoms with Crippen LogP contribution in [0, 0.1) is 0 Å². The fourth-order valence-corrected chi connectivity index (χ4v) is 10.0. The predicted octanol–water partition coefficient (Wildman–Crippen LogP) is 13.0. The van der Waals surface area contributed by atoms with Gasteiger partial charge in [0.2, 0.25) is 11.8 Å². The average Bonchev–Trinajstić information content (AvgIpc) is 3.40. The second-order valence-corrected chi connectivity index (χ2v) is 22.3. The average molecular weight is 1080 g/mol. The molecular weight excluding hydrogens is 971 g/mol. The smallest absolute Gasteiger partial charge is 0.338 e. The van der Waals surface area contributed by atoms with Crippen molar-refractivity contribution < 1.29 is 53.2 Å². The van der Waals surface area contributed by atoms with Gasteiger partial charge in [0.15, 0.2) is 6.04 Å². The van der Waals surface area contributed by atoms with Crippen LogP contribution in [0.4, 0.5) is 0 Å². The summed E-state index contributed by atoms with van der Waals surface area (Å²) in [5, 5.41) is 24.4. The van der Waals surface area contributed by atoms with Crippen molar-refractivity contribution in [2.75, 3.05) is 31.3 Å². The molecule has 0 aromatic heterocycles. The number of nitrogens with two attached hydrogens (primary N) is 1. The Balaban J connectivity index is 4.87. The molecule has 0 saturated heterocycles. The van der Waals surface area contributed by atoms with Gasteiger partial charge in [-0.25, -0.2) is 4.79 Å². The van der Waals surface area contributed by atoms with Crippen LogP contribution in [0.5, 0.6) is 0 Å². The minimum Gasteiger partial charge on any atom is -0.462 e. The zero-order chi connectivity index (χ0) is 55.3. The molecule has 0 bridgehead atoms. The van der Waals surface area contributed by atoms with Crippen LogP contribution in [0.15, 0.2) is 0 Å². The lowest BCUT2D eigenvalue weighted by atomic mass is 10.0. The molecule has 2 amide bonds. The number of aliphatic hydroxyl groups excluding tert-OH is 2. The number of hydrogen-bond acceptors (Lipinski definition) is 13. The Morgan fingerprint density at radius 3 is 1.09 bits per heavy atom. The summed E-state index contributed by atoms with van der Waals surface area (Å²) in [6.45, 7) is 4.86. The molecule has 0 aliphatic heterocycles. The first-order valence-corrected chi connectivity index (χ1v) is 31.9. The van der Waals surface area contributed by atoms with Gasteiger partial charge in [0.05, 0.1) is 19.3 Å². The van der Waals surface area contributed by atoms with Gasteiger partial charge in [0.25, 0.3) is 0 Å². The van der Waals surface area contributed by atoms with Crippen LogP contribution in [-0.2, 0) is 43.0 Å². The van der Waals surface area contributed by atoms with Gasteiger partial charge in [0.1, 0.15) is 18.8 Å². The Hall–Kier alpha value is -2.75. The zero-order valence-electron chi connectivity index (χ0n) is 48.1. The summed E-state index contributed by atoms with van der Waals surface area (Å²) in [7, 11) is 0. The molecule has 440 valence electrons. The van der Waals surface area contributed by atoms with Crippen LogP contribution >= 0.6 is 11.8 Å². The summed E-state index contributed by atoms with van der Waals surface area (Å²) in [5.41, 5.74) is 6.18.